The summed E-state index contributed by atoms with van der Waals surface area (Å²) in [5.74, 6) is 2.74. The van der Waals surface area contributed by atoms with Gasteiger partial charge in [-0.25, -0.2) is 13.4 Å². The van der Waals surface area contributed by atoms with Gasteiger partial charge in [-0.15, -0.1) is 0 Å². The third kappa shape index (κ3) is 4.21. The molecule has 0 unspecified atom stereocenters. The van der Waals surface area contributed by atoms with Gasteiger partial charge in [-0.05, 0) is 31.9 Å². The molecule has 1 aromatic carbocycles. The van der Waals surface area contributed by atoms with Crippen LogP contribution in [-0.2, 0) is 10.0 Å². The van der Waals surface area contributed by atoms with Gasteiger partial charge in [-0.3, -0.25) is 0 Å². The molecule has 0 N–H and O–H groups in total. The molecule has 0 radical (unpaired) electrons. The number of fused-ring (bicyclic) bond motifs is 1. The van der Waals surface area contributed by atoms with Gasteiger partial charge in [0.15, 0.2) is 11.5 Å². The van der Waals surface area contributed by atoms with E-state index in [4.69, 9.17) is 14.5 Å². The fraction of sp³-hybridized carbons (Fsp3) is 0.545. The van der Waals surface area contributed by atoms with E-state index in [0.29, 0.717) is 50.9 Å². The van der Waals surface area contributed by atoms with Gasteiger partial charge in [-0.2, -0.15) is 9.29 Å². The highest BCUT2D eigenvalue weighted by molar-refractivity contribution is 7.89. The number of sulfonamides is 1. The topological polar surface area (TPSA) is 88.1 Å². The fourth-order valence-corrected chi connectivity index (χ4v) is 5.81. The molecule has 10 heteroatoms. The average Bonchev–Trinajstić information content (AvgIpc) is 3.24. The van der Waals surface area contributed by atoms with E-state index in [1.807, 2.05) is 13.0 Å². The molecule has 0 atom stereocenters. The predicted molar refractivity (Wildman–Crippen MR) is 121 cm³/mol. The minimum absolute atomic E-state index is 0.240. The van der Waals surface area contributed by atoms with E-state index in [1.165, 1.54) is 17.1 Å². The van der Waals surface area contributed by atoms with Crippen molar-refractivity contribution in [1.82, 2.24) is 14.3 Å². The van der Waals surface area contributed by atoms with Crippen LogP contribution >= 0.6 is 0 Å². The van der Waals surface area contributed by atoms with Crippen molar-refractivity contribution in [3.8, 4) is 11.5 Å². The van der Waals surface area contributed by atoms with E-state index in [1.54, 1.807) is 18.2 Å². The van der Waals surface area contributed by atoms with Crippen molar-refractivity contribution in [1.29, 1.82) is 0 Å². The van der Waals surface area contributed by atoms with Gasteiger partial charge in [0.05, 0.1) is 18.1 Å². The van der Waals surface area contributed by atoms with Gasteiger partial charge in [0.25, 0.3) is 0 Å². The van der Waals surface area contributed by atoms with E-state index in [2.05, 4.69) is 14.8 Å². The number of piperazine rings is 1. The molecule has 1 aromatic heterocycles. The molecule has 2 saturated heterocycles. The van der Waals surface area contributed by atoms with Crippen LogP contribution in [0.4, 0.5) is 11.8 Å². The Bertz CT molecular complexity index is 1080. The first-order valence-electron chi connectivity index (χ1n) is 11.3. The molecule has 172 valence electrons. The Morgan fingerprint density at radius 1 is 0.812 bits per heavy atom. The monoisotopic (exact) mass is 459 g/mol. The lowest BCUT2D eigenvalue weighted by atomic mass is 10.3. The Balaban J connectivity index is 1.30. The quantitative estimate of drug-likeness (QED) is 0.687. The Labute approximate surface area is 189 Å². The largest absolute Gasteiger partial charge is 0.490 e. The summed E-state index contributed by atoms with van der Waals surface area (Å²) in [6.45, 7) is 7.03. The second-order valence-electron chi connectivity index (χ2n) is 8.41. The van der Waals surface area contributed by atoms with Crippen molar-refractivity contribution < 1.29 is 17.9 Å². The van der Waals surface area contributed by atoms with Crippen molar-refractivity contribution in [2.75, 3.05) is 62.3 Å². The Morgan fingerprint density at radius 3 is 2.28 bits per heavy atom. The van der Waals surface area contributed by atoms with E-state index < -0.39 is 10.0 Å². The number of benzene rings is 1. The van der Waals surface area contributed by atoms with Crippen LogP contribution in [0.2, 0.25) is 0 Å². The summed E-state index contributed by atoms with van der Waals surface area (Å²) in [6, 6.07) is 6.85. The van der Waals surface area contributed by atoms with Gasteiger partial charge in [-0.1, -0.05) is 0 Å². The Morgan fingerprint density at radius 2 is 1.53 bits per heavy atom. The minimum Gasteiger partial charge on any atom is -0.490 e. The lowest BCUT2D eigenvalue weighted by molar-refractivity contribution is 0.296. The summed E-state index contributed by atoms with van der Waals surface area (Å²) in [4.78, 5) is 14.0. The second-order valence-corrected chi connectivity index (χ2v) is 10.3. The van der Waals surface area contributed by atoms with E-state index in [-0.39, 0.29) is 4.90 Å². The summed E-state index contributed by atoms with van der Waals surface area (Å²) in [7, 11) is -3.61. The van der Waals surface area contributed by atoms with Crippen molar-refractivity contribution in [3.05, 3.63) is 30.0 Å². The number of hydrogen-bond acceptors (Lipinski definition) is 8. The van der Waals surface area contributed by atoms with Gasteiger partial charge in [0.1, 0.15) is 5.82 Å². The normalized spacial score (nSPS) is 19.8. The van der Waals surface area contributed by atoms with Gasteiger partial charge in [0.2, 0.25) is 16.0 Å². The molecule has 0 saturated carbocycles. The number of anilines is 2. The first-order chi connectivity index (χ1) is 15.5. The number of nitrogens with zero attached hydrogens (tertiary/aromatic N) is 5. The number of aromatic nitrogens is 2. The molecule has 32 heavy (non-hydrogen) atoms. The molecule has 0 bridgehead atoms. The summed E-state index contributed by atoms with van der Waals surface area (Å²) in [5.41, 5.74) is 0.930. The van der Waals surface area contributed by atoms with Crippen LogP contribution in [0.3, 0.4) is 0 Å². The van der Waals surface area contributed by atoms with Crippen LogP contribution in [0.15, 0.2) is 29.2 Å². The van der Waals surface area contributed by atoms with Crippen molar-refractivity contribution in [2.24, 2.45) is 0 Å². The molecule has 4 heterocycles. The van der Waals surface area contributed by atoms with Crippen LogP contribution in [0.25, 0.3) is 0 Å². The van der Waals surface area contributed by atoms with Crippen LogP contribution in [0.1, 0.15) is 25.0 Å². The summed E-state index contributed by atoms with van der Waals surface area (Å²) >= 11 is 0. The molecule has 2 aromatic rings. The number of hydrogen-bond donors (Lipinski definition) is 0. The zero-order chi connectivity index (χ0) is 22.1. The standard InChI is InChI=1S/C22H29N5O4S/c1-17-15-21(24-22(23-17)26-7-2-3-8-26)25-9-11-27(12-10-25)32(28,29)18-5-6-19-20(16-18)31-14-4-13-30-19/h5-6,15-16H,2-4,7-14H2,1H3. The zero-order valence-corrected chi connectivity index (χ0v) is 19.2. The molecule has 0 amide bonds. The molecule has 5 rings (SSSR count). The Hall–Kier alpha value is -2.59. The number of aryl methyl sites for hydroxylation is 1. The first-order valence-corrected chi connectivity index (χ1v) is 12.7. The van der Waals surface area contributed by atoms with Crippen LogP contribution in [0, 0.1) is 6.92 Å². The second kappa shape index (κ2) is 8.74. The zero-order valence-electron chi connectivity index (χ0n) is 18.4. The maximum Gasteiger partial charge on any atom is 0.243 e. The summed E-state index contributed by atoms with van der Waals surface area (Å²) in [5, 5.41) is 0. The first kappa shape index (κ1) is 21.3. The highest BCUT2D eigenvalue weighted by Crippen LogP contribution is 2.33. The molecule has 0 spiro atoms. The molecule has 0 aliphatic carbocycles. The summed E-state index contributed by atoms with van der Waals surface area (Å²) in [6.07, 6.45) is 3.12. The Kier molecular flexibility index (Phi) is 5.81. The lowest BCUT2D eigenvalue weighted by Gasteiger charge is -2.35. The fourth-order valence-electron chi connectivity index (χ4n) is 4.37. The molecule has 3 aliphatic rings. The van der Waals surface area contributed by atoms with Crippen molar-refractivity contribution in [3.63, 3.8) is 0 Å². The molecule has 9 nitrogen and oxygen atoms in total. The molecule has 2 fully saturated rings. The third-order valence-electron chi connectivity index (χ3n) is 6.14. The van der Waals surface area contributed by atoms with Gasteiger partial charge in [0, 0.05) is 63.5 Å². The van der Waals surface area contributed by atoms with Gasteiger partial charge < -0.3 is 19.3 Å². The number of ether oxygens (including phenoxy) is 2. The van der Waals surface area contributed by atoms with E-state index in [0.717, 1.165) is 37.0 Å². The highest BCUT2D eigenvalue weighted by Gasteiger charge is 2.30. The van der Waals surface area contributed by atoms with Gasteiger partial charge >= 0.3 is 0 Å². The lowest BCUT2D eigenvalue weighted by Crippen LogP contribution is -2.49. The van der Waals surface area contributed by atoms with Crippen LogP contribution < -0.4 is 19.3 Å². The summed E-state index contributed by atoms with van der Waals surface area (Å²) < 4.78 is 39.4. The maximum atomic E-state index is 13.3. The third-order valence-corrected chi connectivity index (χ3v) is 8.03. The SMILES string of the molecule is Cc1cc(N2CCN(S(=O)(=O)c3ccc4c(c3)OCCCO4)CC2)nc(N2CCCC2)n1. The van der Waals surface area contributed by atoms with Crippen LogP contribution in [-0.4, -0.2) is 75.2 Å². The van der Waals surface area contributed by atoms with E-state index >= 15 is 0 Å². The van der Waals surface area contributed by atoms with Crippen molar-refractivity contribution >= 4 is 21.8 Å². The number of rotatable bonds is 4. The smallest absolute Gasteiger partial charge is 0.243 e. The maximum absolute atomic E-state index is 13.3. The molecular formula is C22H29N5O4S. The predicted octanol–water partition coefficient (Wildman–Crippen LogP) is 2.06. The molecule has 3 aliphatic heterocycles. The average molecular weight is 460 g/mol. The minimum atomic E-state index is -3.61. The van der Waals surface area contributed by atoms with Crippen molar-refractivity contribution in [2.45, 2.75) is 31.1 Å². The van der Waals surface area contributed by atoms with Crippen LogP contribution in [0.5, 0.6) is 11.5 Å². The molecular weight excluding hydrogens is 430 g/mol. The highest BCUT2D eigenvalue weighted by atomic mass is 32.2. The van der Waals surface area contributed by atoms with E-state index in [9.17, 15) is 8.42 Å².